The number of hydrogen-bond donors (Lipinski definition) is 0. The summed E-state index contributed by atoms with van der Waals surface area (Å²) >= 11 is 0. The van der Waals surface area contributed by atoms with Gasteiger partial charge in [0.15, 0.2) is 0 Å². The molecule has 0 radical (unpaired) electrons. The fourth-order valence-corrected chi connectivity index (χ4v) is 11.2. The Bertz CT molecular complexity index is 1060. The smallest absolute Gasteiger partial charge is 0.358 e. The number of aryl methyl sites for hydroxylation is 1. The summed E-state index contributed by atoms with van der Waals surface area (Å²) in [5.41, 5.74) is 5.45. The summed E-state index contributed by atoms with van der Waals surface area (Å²) in [6.45, 7) is 11.4. The largest absolute Gasteiger partial charge is 4.00 e. The van der Waals surface area contributed by atoms with Crippen LogP contribution in [0.4, 0.5) is 0 Å². The summed E-state index contributed by atoms with van der Waals surface area (Å²) in [5.74, 6) is 0. The maximum absolute atomic E-state index is 3.99. The van der Waals surface area contributed by atoms with E-state index in [1.165, 1.54) is 37.8 Å². The maximum atomic E-state index is 3.99. The molecule has 0 N–H and O–H groups in total. The van der Waals surface area contributed by atoms with E-state index in [1.54, 1.807) is 0 Å². The topological polar surface area (TPSA) is 0 Å². The molecule has 1 aliphatic rings. The zero-order valence-electron chi connectivity index (χ0n) is 21.6. The molecule has 0 nitrogen and oxygen atoms in total. The third-order valence-corrected chi connectivity index (χ3v) is 12.5. The first-order valence-corrected chi connectivity index (χ1v) is 12.4. The molecule has 0 saturated carbocycles. The number of rotatable bonds is 4. The van der Waals surface area contributed by atoms with Gasteiger partial charge in [0, 0.05) is 0 Å². The van der Waals surface area contributed by atoms with Crippen LogP contribution in [0, 0.1) is 35.3 Å². The average molecular weight is 487 g/mol. The Kier molecular flexibility index (Phi) is 11.3. The van der Waals surface area contributed by atoms with Crippen molar-refractivity contribution in [3.63, 3.8) is 0 Å². The van der Waals surface area contributed by atoms with E-state index in [0.29, 0.717) is 0 Å². The van der Waals surface area contributed by atoms with Crippen LogP contribution in [0.5, 0.6) is 0 Å². The van der Waals surface area contributed by atoms with E-state index in [1.807, 2.05) is 0 Å². The molecule has 3 aromatic rings. The van der Waals surface area contributed by atoms with Crippen molar-refractivity contribution < 1.29 is 21.7 Å². The van der Waals surface area contributed by atoms with E-state index < -0.39 is 8.07 Å². The van der Waals surface area contributed by atoms with Crippen LogP contribution in [0.25, 0.3) is 0 Å². The molecule has 0 amide bonds. The van der Waals surface area contributed by atoms with Crippen LogP contribution in [-0.4, -0.2) is 8.07 Å². The van der Waals surface area contributed by atoms with Crippen molar-refractivity contribution in [2.45, 2.75) is 39.7 Å². The van der Waals surface area contributed by atoms with Gasteiger partial charge in [0.05, 0.1) is 0 Å². The zero-order chi connectivity index (χ0) is 20.6. The Morgan fingerprint density at radius 3 is 1.48 bits per heavy atom. The van der Waals surface area contributed by atoms with Gasteiger partial charge < -0.3 is 22.3 Å². The van der Waals surface area contributed by atoms with Gasteiger partial charge in [0.1, 0.15) is 8.07 Å². The van der Waals surface area contributed by atoms with Gasteiger partial charge in [-0.05, 0) is 22.5 Å². The van der Waals surface area contributed by atoms with E-state index in [2.05, 4.69) is 126 Å². The summed E-state index contributed by atoms with van der Waals surface area (Å²) < 4.78 is 0. The molecular formula is C31H38SiTi. The quantitative estimate of drug-likeness (QED) is 0.219. The molecule has 0 aliphatic heterocycles. The number of hydrogen-bond acceptors (Lipinski definition) is 0. The predicted octanol–water partition coefficient (Wildman–Crippen LogP) is 6.67. The third-order valence-electron chi connectivity index (χ3n) is 6.93. The standard InChI is InChI=1S/C28H29Si.3CH3.Ti/c1-21-13-12-18-27(19-21)29(25-14-8-6-9-15-25,26-16-10-7-11-17-26)28(5)20-22(2)23(3)24(28)4;;;;/h6-19H,1-5H3;3*1H3;/q4*-1;+4. The van der Waals surface area contributed by atoms with E-state index in [0.717, 1.165) is 0 Å². The van der Waals surface area contributed by atoms with E-state index in [4.69, 9.17) is 0 Å². The third kappa shape index (κ3) is 4.83. The molecule has 170 valence electrons. The van der Waals surface area contributed by atoms with Crippen LogP contribution in [0.3, 0.4) is 0 Å². The summed E-state index contributed by atoms with van der Waals surface area (Å²) in [7, 11) is -2.48. The summed E-state index contributed by atoms with van der Waals surface area (Å²) in [4.78, 5) is 0. The van der Waals surface area contributed by atoms with Crippen molar-refractivity contribution in [2.75, 3.05) is 0 Å². The number of allylic oxidation sites excluding steroid dienone is 4. The molecule has 4 rings (SSSR count). The van der Waals surface area contributed by atoms with E-state index >= 15 is 0 Å². The van der Waals surface area contributed by atoms with Gasteiger partial charge in [-0.3, -0.25) is 6.08 Å². The monoisotopic (exact) mass is 486 g/mol. The SMILES string of the molecule is CC1=[C-]C(C)([Si](c2ccccc2)(c2ccccc2)c2cccc(C)c2)C(C)=C1C.[CH3-].[CH3-].[CH3-].[Ti+4]. The molecular weight excluding hydrogens is 448 g/mol. The minimum atomic E-state index is -2.48. The Labute approximate surface area is 219 Å². The van der Waals surface area contributed by atoms with Crippen molar-refractivity contribution in [1.82, 2.24) is 0 Å². The van der Waals surface area contributed by atoms with Gasteiger partial charge >= 0.3 is 21.7 Å². The molecule has 1 unspecified atom stereocenters. The average Bonchev–Trinajstić information content (AvgIpc) is 2.94. The van der Waals surface area contributed by atoms with Gasteiger partial charge in [0.25, 0.3) is 0 Å². The van der Waals surface area contributed by atoms with Crippen LogP contribution in [0.1, 0.15) is 33.3 Å². The van der Waals surface area contributed by atoms with Gasteiger partial charge in [-0.2, -0.15) is 11.1 Å². The Hall–Kier alpha value is -1.93. The molecule has 0 heterocycles. The molecule has 1 atom stereocenters. The first-order valence-electron chi connectivity index (χ1n) is 10.4. The Morgan fingerprint density at radius 1 is 0.636 bits per heavy atom. The normalized spacial score (nSPS) is 17.1. The van der Waals surface area contributed by atoms with Crippen LogP contribution in [0.15, 0.2) is 102 Å². The van der Waals surface area contributed by atoms with Crippen molar-refractivity contribution in [3.8, 4) is 0 Å². The number of benzene rings is 3. The Balaban J connectivity index is 0.00000256. The fourth-order valence-electron chi connectivity index (χ4n) is 5.21. The van der Waals surface area contributed by atoms with Gasteiger partial charge in [-0.15, -0.1) is 6.92 Å². The summed E-state index contributed by atoms with van der Waals surface area (Å²) in [5, 5.41) is 4.17. The first kappa shape index (κ1) is 31.1. The zero-order valence-corrected chi connectivity index (χ0v) is 24.1. The van der Waals surface area contributed by atoms with Crippen LogP contribution < -0.4 is 15.6 Å². The van der Waals surface area contributed by atoms with E-state index in [9.17, 15) is 0 Å². The second kappa shape index (κ2) is 12.0. The van der Waals surface area contributed by atoms with Crippen molar-refractivity contribution >= 4 is 23.6 Å². The molecule has 0 spiro atoms. The summed E-state index contributed by atoms with van der Waals surface area (Å²) in [6.07, 6.45) is 3.99. The molecule has 0 bridgehead atoms. The maximum Gasteiger partial charge on any atom is 4.00 e. The Morgan fingerprint density at radius 2 is 1.09 bits per heavy atom. The van der Waals surface area contributed by atoms with Gasteiger partial charge in [0.2, 0.25) is 0 Å². The molecule has 3 aromatic carbocycles. The van der Waals surface area contributed by atoms with Gasteiger partial charge in [-0.1, -0.05) is 116 Å². The first-order chi connectivity index (χ1) is 13.9. The molecule has 0 fully saturated rings. The molecule has 1 aliphatic carbocycles. The fraction of sp³-hybridized carbons (Fsp3) is 0.194. The van der Waals surface area contributed by atoms with Crippen molar-refractivity contribution in [1.29, 1.82) is 0 Å². The molecule has 2 heteroatoms. The summed E-state index contributed by atoms with van der Waals surface area (Å²) in [6, 6.07) is 31.6. The predicted molar refractivity (Wildman–Crippen MR) is 147 cm³/mol. The molecule has 33 heavy (non-hydrogen) atoms. The van der Waals surface area contributed by atoms with E-state index in [-0.39, 0.29) is 49.0 Å². The van der Waals surface area contributed by atoms with Crippen molar-refractivity contribution in [2.24, 2.45) is 0 Å². The van der Waals surface area contributed by atoms with Crippen LogP contribution in [-0.2, 0) is 21.7 Å². The van der Waals surface area contributed by atoms with Crippen LogP contribution >= 0.6 is 0 Å². The van der Waals surface area contributed by atoms with Crippen LogP contribution in [0.2, 0.25) is 5.04 Å². The second-order valence-electron chi connectivity index (χ2n) is 8.48. The molecule has 0 aromatic heterocycles. The molecule has 0 saturated heterocycles. The second-order valence-corrected chi connectivity index (χ2v) is 12.7. The van der Waals surface area contributed by atoms with Crippen molar-refractivity contribution in [3.05, 3.63) is 136 Å². The van der Waals surface area contributed by atoms with Gasteiger partial charge in [-0.25, -0.2) is 5.57 Å². The minimum absolute atomic E-state index is 0. The minimum Gasteiger partial charge on any atom is -0.358 e.